The van der Waals surface area contributed by atoms with E-state index >= 15 is 0 Å². The van der Waals surface area contributed by atoms with E-state index in [-0.39, 0.29) is 0 Å². The molecule has 0 aliphatic rings. The quantitative estimate of drug-likeness (QED) is 0.531. The monoisotopic (exact) mass is 256 g/mol. The molecule has 0 amide bonds. The topological polar surface area (TPSA) is 0 Å². The molecule has 0 spiro atoms. The van der Waals surface area contributed by atoms with Gasteiger partial charge in [-0.15, -0.1) is 0 Å². The average Bonchev–Trinajstić information content (AvgIpc) is 2.53. The van der Waals surface area contributed by atoms with Crippen LogP contribution in [0.25, 0.3) is 29.0 Å². The predicted molar refractivity (Wildman–Crippen MR) is 89.4 cm³/mol. The van der Waals surface area contributed by atoms with Gasteiger partial charge >= 0.3 is 0 Å². The molecule has 96 valence electrons. The Morgan fingerprint density at radius 3 is 2.15 bits per heavy atom. The Hall–Kier alpha value is -2.60. The molecule has 0 heterocycles. The van der Waals surface area contributed by atoms with Crippen molar-refractivity contribution >= 4 is 29.0 Å². The van der Waals surface area contributed by atoms with Gasteiger partial charge in [0.1, 0.15) is 0 Å². The Morgan fingerprint density at radius 1 is 0.650 bits per heavy atom. The van der Waals surface area contributed by atoms with Crippen molar-refractivity contribution in [3.8, 4) is 0 Å². The van der Waals surface area contributed by atoms with E-state index in [9.17, 15) is 0 Å². The van der Waals surface area contributed by atoms with E-state index in [0.717, 1.165) is 5.56 Å². The van der Waals surface area contributed by atoms with Crippen LogP contribution in [0.3, 0.4) is 0 Å². The van der Waals surface area contributed by atoms with E-state index in [4.69, 9.17) is 0 Å². The molecule has 0 fully saturated rings. The zero-order valence-electron chi connectivity index (χ0n) is 11.3. The lowest BCUT2D eigenvalue weighted by molar-refractivity contribution is 1.61. The second kappa shape index (κ2) is 5.58. The SMILES string of the molecule is C=Cc1ccccc1C=Cc1ccc2ccccc2c1. The van der Waals surface area contributed by atoms with E-state index in [0.29, 0.717) is 0 Å². The summed E-state index contributed by atoms with van der Waals surface area (Å²) in [6.45, 7) is 3.85. The number of benzene rings is 3. The fraction of sp³-hybridized carbons (Fsp3) is 0. The summed E-state index contributed by atoms with van der Waals surface area (Å²) in [6.07, 6.45) is 6.18. The van der Waals surface area contributed by atoms with Crippen LogP contribution in [0.15, 0.2) is 73.3 Å². The third-order valence-electron chi connectivity index (χ3n) is 3.44. The van der Waals surface area contributed by atoms with Crippen LogP contribution in [0.2, 0.25) is 0 Å². The zero-order chi connectivity index (χ0) is 13.8. The smallest absolute Gasteiger partial charge is 0.0178 e. The Labute approximate surface area is 119 Å². The molecule has 0 saturated heterocycles. The highest BCUT2D eigenvalue weighted by atomic mass is 14.0. The molecule has 0 nitrogen and oxygen atoms in total. The second-order valence-electron chi connectivity index (χ2n) is 4.77. The normalized spacial score (nSPS) is 11.0. The van der Waals surface area contributed by atoms with Gasteiger partial charge in [-0.05, 0) is 33.5 Å². The lowest BCUT2D eigenvalue weighted by atomic mass is 10.0. The number of hydrogen-bond donors (Lipinski definition) is 0. The molecule has 0 atom stereocenters. The Kier molecular flexibility index (Phi) is 3.47. The van der Waals surface area contributed by atoms with Gasteiger partial charge in [-0.2, -0.15) is 0 Å². The van der Waals surface area contributed by atoms with Crippen LogP contribution in [-0.4, -0.2) is 0 Å². The first-order chi connectivity index (χ1) is 9.86. The molecule has 0 aliphatic heterocycles. The molecule has 0 bridgehead atoms. The third kappa shape index (κ3) is 2.55. The van der Waals surface area contributed by atoms with Crippen molar-refractivity contribution in [3.05, 3.63) is 90.0 Å². The van der Waals surface area contributed by atoms with Crippen LogP contribution in [-0.2, 0) is 0 Å². The third-order valence-corrected chi connectivity index (χ3v) is 3.44. The molecule has 0 heteroatoms. The molecule has 3 aromatic rings. The lowest BCUT2D eigenvalue weighted by Crippen LogP contribution is -1.79. The molecular formula is C20H16. The summed E-state index contributed by atoms with van der Waals surface area (Å²) >= 11 is 0. The molecule has 0 saturated carbocycles. The molecule has 20 heavy (non-hydrogen) atoms. The highest BCUT2D eigenvalue weighted by Crippen LogP contribution is 2.18. The van der Waals surface area contributed by atoms with Gasteiger partial charge in [0.15, 0.2) is 0 Å². The minimum Gasteiger partial charge on any atom is -0.0984 e. The largest absolute Gasteiger partial charge is 0.0984 e. The summed E-state index contributed by atoms with van der Waals surface area (Å²) in [5, 5.41) is 2.54. The summed E-state index contributed by atoms with van der Waals surface area (Å²) in [5.74, 6) is 0. The van der Waals surface area contributed by atoms with Gasteiger partial charge in [0, 0.05) is 0 Å². The van der Waals surface area contributed by atoms with E-state index in [1.54, 1.807) is 0 Å². The van der Waals surface area contributed by atoms with Crippen LogP contribution in [0.5, 0.6) is 0 Å². The van der Waals surface area contributed by atoms with Gasteiger partial charge in [-0.3, -0.25) is 0 Å². The van der Waals surface area contributed by atoms with Gasteiger partial charge in [0.25, 0.3) is 0 Å². The van der Waals surface area contributed by atoms with Crippen LogP contribution in [0, 0.1) is 0 Å². The molecule has 0 unspecified atom stereocenters. The van der Waals surface area contributed by atoms with Gasteiger partial charge in [-0.1, -0.05) is 85.5 Å². The van der Waals surface area contributed by atoms with Crippen molar-refractivity contribution in [2.45, 2.75) is 0 Å². The Bertz CT molecular complexity index is 779. The molecule has 3 aromatic carbocycles. The lowest BCUT2D eigenvalue weighted by Gasteiger charge is -2.01. The minimum atomic E-state index is 1.16. The van der Waals surface area contributed by atoms with Crippen molar-refractivity contribution in [2.24, 2.45) is 0 Å². The second-order valence-corrected chi connectivity index (χ2v) is 4.77. The summed E-state index contributed by atoms with van der Waals surface area (Å²) in [7, 11) is 0. The highest BCUT2D eigenvalue weighted by molar-refractivity contribution is 5.86. The van der Waals surface area contributed by atoms with E-state index in [1.165, 1.54) is 21.9 Å². The first-order valence-corrected chi connectivity index (χ1v) is 6.75. The summed E-state index contributed by atoms with van der Waals surface area (Å²) in [6, 6.07) is 23.2. The number of rotatable bonds is 3. The summed E-state index contributed by atoms with van der Waals surface area (Å²) in [4.78, 5) is 0. The molecule has 0 N–H and O–H groups in total. The Balaban J connectivity index is 1.96. The van der Waals surface area contributed by atoms with Crippen LogP contribution < -0.4 is 0 Å². The fourth-order valence-electron chi connectivity index (χ4n) is 2.35. The van der Waals surface area contributed by atoms with Gasteiger partial charge < -0.3 is 0 Å². The van der Waals surface area contributed by atoms with Gasteiger partial charge in [0.2, 0.25) is 0 Å². The summed E-state index contributed by atoms with van der Waals surface area (Å²) < 4.78 is 0. The van der Waals surface area contributed by atoms with Crippen molar-refractivity contribution in [1.29, 1.82) is 0 Å². The van der Waals surface area contributed by atoms with E-state index in [2.05, 4.69) is 73.3 Å². The number of fused-ring (bicyclic) bond motifs is 1. The maximum atomic E-state index is 3.85. The maximum absolute atomic E-state index is 3.85. The van der Waals surface area contributed by atoms with Crippen LogP contribution >= 0.6 is 0 Å². The van der Waals surface area contributed by atoms with Crippen LogP contribution in [0.4, 0.5) is 0 Å². The molecule has 0 radical (unpaired) electrons. The van der Waals surface area contributed by atoms with E-state index in [1.807, 2.05) is 18.2 Å². The van der Waals surface area contributed by atoms with Gasteiger partial charge in [0.05, 0.1) is 0 Å². The van der Waals surface area contributed by atoms with Crippen molar-refractivity contribution in [3.63, 3.8) is 0 Å². The maximum Gasteiger partial charge on any atom is -0.0178 e. The molecule has 3 rings (SSSR count). The first-order valence-electron chi connectivity index (χ1n) is 6.75. The molecule has 0 aliphatic carbocycles. The average molecular weight is 256 g/mol. The van der Waals surface area contributed by atoms with E-state index < -0.39 is 0 Å². The zero-order valence-corrected chi connectivity index (χ0v) is 11.3. The fourth-order valence-corrected chi connectivity index (χ4v) is 2.35. The Morgan fingerprint density at radius 2 is 1.35 bits per heavy atom. The van der Waals surface area contributed by atoms with Crippen molar-refractivity contribution in [1.82, 2.24) is 0 Å². The van der Waals surface area contributed by atoms with Crippen molar-refractivity contribution in [2.75, 3.05) is 0 Å². The number of hydrogen-bond acceptors (Lipinski definition) is 0. The van der Waals surface area contributed by atoms with Crippen LogP contribution in [0.1, 0.15) is 16.7 Å². The van der Waals surface area contributed by atoms with Gasteiger partial charge in [-0.25, -0.2) is 0 Å². The highest BCUT2D eigenvalue weighted by Gasteiger charge is 1.95. The molecular weight excluding hydrogens is 240 g/mol. The standard InChI is InChI=1S/C20H16/c1-2-17-7-3-4-8-18(17)13-11-16-12-14-19-9-5-6-10-20(19)15-16/h2-15H,1H2. The first kappa shape index (κ1) is 12.4. The van der Waals surface area contributed by atoms with Crippen molar-refractivity contribution < 1.29 is 0 Å². The summed E-state index contributed by atoms with van der Waals surface area (Å²) in [5.41, 5.74) is 3.56. The molecule has 0 aromatic heterocycles. The predicted octanol–water partition coefficient (Wildman–Crippen LogP) is 5.65. The minimum absolute atomic E-state index is 1.16.